The fourth-order valence-corrected chi connectivity index (χ4v) is 4.93. The highest BCUT2D eigenvalue weighted by Crippen LogP contribution is 2.53. The zero-order valence-electron chi connectivity index (χ0n) is 18.7. The zero-order chi connectivity index (χ0) is 21.7. The Bertz CT molecular complexity index is 1330. The Morgan fingerprint density at radius 1 is 0.531 bits per heavy atom. The molecule has 0 aliphatic heterocycles. The van der Waals surface area contributed by atoms with Crippen LogP contribution in [0.3, 0.4) is 0 Å². The lowest BCUT2D eigenvalue weighted by atomic mass is 9.99. The molecule has 2 aliphatic carbocycles. The average molecular weight is 411 g/mol. The average Bonchev–Trinajstić information content (AvgIpc) is 3.36. The summed E-state index contributed by atoms with van der Waals surface area (Å²) in [5, 5.41) is 2.65. The molecule has 1 saturated carbocycles. The summed E-state index contributed by atoms with van der Waals surface area (Å²) in [5.74, 6) is 0. The summed E-state index contributed by atoms with van der Waals surface area (Å²) in [5.41, 5.74) is 13.9. The monoisotopic (exact) mass is 410 g/mol. The Hall–Kier alpha value is -3.64. The summed E-state index contributed by atoms with van der Waals surface area (Å²) in [6.45, 7) is 4.29. The lowest BCUT2D eigenvalue weighted by molar-refractivity contribution is 1.06. The third-order valence-corrected chi connectivity index (χ3v) is 6.75. The Morgan fingerprint density at radius 2 is 0.969 bits per heavy atom. The SMILES string of the molecule is Cc1ccc(/C=C2\CC/C(=C\c3ccc(C)cc3)C2=C2c3cc4ccccc4cc32)cc1. The second-order valence-electron chi connectivity index (χ2n) is 9.16. The third kappa shape index (κ3) is 3.42. The van der Waals surface area contributed by atoms with Crippen molar-refractivity contribution in [2.75, 3.05) is 0 Å². The molecule has 6 rings (SSSR count). The molecule has 0 heteroatoms. The zero-order valence-corrected chi connectivity index (χ0v) is 18.7. The van der Waals surface area contributed by atoms with Gasteiger partial charge < -0.3 is 0 Å². The Morgan fingerprint density at radius 3 is 1.41 bits per heavy atom. The molecule has 4 aromatic rings. The number of benzene rings is 4. The molecule has 154 valence electrons. The van der Waals surface area contributed by atoms with E-state index >= 15 is 0 Å². The van der Waals surface area contributed by atoms with E-state index in [2.05, 4.69) is 111 Å². The van der Waals surface area contributed by atoms with Gasteiger partial charge in [-0.25, -0.2) is 0 Å². The lowest BCUT2D eigenvalue weighted by Crippen LogP contribution is -1.85. The first-order valence-corrected chi connectivity index (χ1v) is 11.5. The summed E-state index contributed by atoms with van der Waals surface area (Å²) in [4.78, 5) is 0. The molecular formula is C32H26. The maximum atomic E-state index is 2.40. The van der Waals surface area contributed by atoms with Gasteiger partial charge in [0.05, 0.1) is 0 Å². The van der Waals surface area contributed by atoms with Crippen molar-refractivity contribution in [1.29, 1.82) is 0 Å². The predicted molar refractivity (Wildman–Crippen MR) is 138 cm³/mol. The van der Waals surface area contributed by atoms with Crippen LogP contribution in [0.15, 0.2) is 102 Å². The summed E-state index contributed by atoms with van der Waals surface area (Å²) in [6.07, 6.45) is 6.99. The summed E-state index contributed by atoms with van der Waals surface area (Å²) in [7, 11) is 0. The van der Waals surface area contributed by atoms with Crippen molar-refractivity contribution >= 4 is 28.5 Å². The van der Waals surface area contributed by atoms with Crippen molar-refractivity contribution in [2.24, 2.45) is 0 Å². The Balaban J connectivity index is 1.50. The van der Waals surface area contributed by atoms with Crippen LogP contribution in [0.5, 0.6) is 0 Å². The summed E-state index contributed by atoms with van der Waals surface area (Å²) in [6, 6.07) is 31.2. The lowest BCUT2D eigenvalue weighted by Gasteiger charge is -2.05. The second-order valence-corrected chi connectivity index (χ2v) is 9.16. The quantitative estimate of drug-likeness (QED) is 0.273. The number of hydrogen-bond donors (Lipinski definition) is 0. The van der Waals surface area contributed by atoms with Crippen molar-refractivity contribution in [3.8, 4) is 0 Å². The van der Waals surface area contributed by atoms with Crippen LogP contribution < -0.4 is 0 Å². The highest BCUT2D eigenvalue weighted by atomic mass is 14.4. The summed E-state index contributed by atoms with van der Waals surface area (Å²) < 4.78 is 0. The van der Waals surface area contributed by atoms with Gasteiger partial charge in [0.15, 0.2) is 0 Å². The van der Waals surface area contributed by atoms with Gasteiger partial charge in [-0.1, -0.05) is 96.1 Å². The fraction of sp³-hybridized carbons (Fsp3) is 0.125. The maximum Gasteiger partial charge on any atom is -0.00204 e. The largest absolute Gasteiger partial charge is 0.0616 e. The first-order valence-electron chi connectivity index (χ1n) is 11.5. The van der Waals surface area contributed by atoms with E-state index in [4.69, 9.17) is 0 Å². The molecule has 0 radical (unpaired) electrons. The first-order chi connectivity index (χ1) is 15.7. The van der Waals surface area contributed by atoms with Gasteiger partial charge >= 0.3 is 0 Å². The standard InChI is InChI=1S/C32H26/c1-21-7-11-23(12-8-21)17-27-15-16-28(18-24-13-9-22(2)10-14-24)31(27)32-29-19-25-5-3-4-6-26(25)20-30(29)32/h3-14,17-20H,15-16H2,1-2H3/b27-17+,28-18+. The van der Waals surface area contributed by atoms with Crippen molar-refractivity contribution in [2.45, 2.75) is 26.7 Å². The van der Waals surface area contributed by atoms with Gasteiger partial charge in [0.25, 0.3) is 0 Å². The van der Waals surface area contributed by atoms with Crippen LogP contribution in [0.4, 0.5) is 0 Å². The van der Waals surface area contributed by atoms with Crippen molar-refractivity contribution in [3.05, 3.63) is 135 Å². The van der Waals surface area contributed by atoms with E-state index in [0.29, 0.717) is 0 Å². The maximum absolute atomic E-state index is 2.40. The van der Waals surface area contributed by atoms with E-state index in [-0.39, 0.29) is 0 Å². The molecule has 0 N–H and O–H groups in total. The van der Waals surface area contributed by atoms with Crippen LogP contribution in [-0.2, 0) is 0 Å². The molecule has 0 nitrogen and oxygen atoms in total. The molecule has 32 heavy (non-hydrogen) atoms. The molecule has 4 aromatic carbocycles. The Labute approximate surface area is 190 Å². The molecule has 2 aliphatic rings. The van der Waals surface area contributed by atoms with E-state index < -0.39 is 0 Å². The van der Waals surface area contributed by atoms with Gasteiger partial charge in [-0.15, -0.1) is 0 Å². The van der Waals surface area contributed by atoms with Gasteiger partial charge in [0.2, 0.25) is 0 Å². The highest BCUT2D eigenvalue weighted by Gasteiger charge is 2.34. The van der Waals surface area contributed by atoms with Crippen LogP contribution in [0, 0.1) is 13.8 Å². The van der Waals surface area contributed by atoms with Crippen molar-refractivity contribution in [1.82, 2.24) is 0 Å². The third-order valence-electron chi connectivity index (χ3n) is 6.75. The molecule has 0 atom stereocenters. The van der Waals surface area contributed by atoms with E-state index in [1.54, 1.807) is 0 Å². The van der Waals surface area contributed by atoms with Gasteiger partial charge in [-0.05, 0) is 94.1 Å². The van der Waals surface area contributed by atoms with E-state index in [1.165, 1.54) is 66.4 Å². The summed E-state index contributed by atoms with van der Waals surface area (Å²) >= 11 is 0. The van der Waals surface area contributed by atoms with Gasteiger partial charge in [-0.2, -0.15) is 0 Å². The molecule has 0 unspecified atom stereocenters. The fourth-order valence-electron chi connectivity index (χ4n) is 4.93. The Kier molecular flexibility index (Phi) is 4.47. The number of rotatable bonds is 2. The van der Waals surface area contributed by atoms with Crippen LogP contribution in [0.2, 0.25) is 0 Å². The molecule has 1 fully saturated rings. The van der Waals surface area contributed by atoms with E-state index in [0.717, 1.165) is 12.8 Å². The predicted octanol–water partition coefficient (Wildman–Crippen LogP) is 8.53. The highest BCUT2D eigenvalue weighted by molar-refractivity contribution is 6.10. The van der Waals surface area contributed by atoms with E-state index in [1.807, 2.05) is 0 Å². The molecular weight excluding hydrogens is 384 g/mol. The molecule has 0 amide bonds. The minimum Gasteiger partial charge on any atom is -0.0616 e. The van der Waals surface area contributed by atoms with Crippen LogP contribution >= 0.6 is 0 Å². The van der Waals surface area contributed by atoms with Crippen LogP contribution in [-0.4, -0.2) is 0 Å². The molecule has 0 heterocycles. The van der Waals surface area contributed by atoms with E-state index in [9.17, 15) is 0 Å². The molecule has 0 spiro atoms. The molecule has 0 aromatic heterocycles. The second kappa shape index (κ2) is 7.50. The number of aryl methyl sites for hydroxylation is 2. The first kappa shape index (κ1) is 19.1. The van der Waals surface area contributed by atoms with Crippen LogP contribution in [0.25, 0.3) is 28.5 Å². The minimum absolute atomic E-state index is 1.10. The normalized spacial score (nSPS) is 17.4. The van der Waals surface area contributed by atoms with Crippen LogP contribution in [0.1, 0.15) is 46.2 Å². The van der Waals surface area contributed by atoms with Crippen molar-refractivity contribution in [3.63, 3.8) is 0 Å². The van der Waals surface area contributed by atoms with Gasteiger partial charge in [0, 0.05) is 0 Å². The number of hydrogen-bond acceptors (Lipinski definition) is 0. The van der Waals surface area contributed by atoms with Gasteiger partial charge in [-0.3, -0.25) is 0 Å². The minimum atomic E-state index is 1.10. The smallest absolute Gasteiger partial charge is 0.00204 e. The topological polar surface area (TPSA) is 0 Å². The number of fused-ring (bicyclic) bond motifs is 2. The molecule has 0 bridgehead atoms. The van der Waals surface area contributed by atoms with Gasteiger partial charge in [0.1, 0.15) is 0 Å². The molecule has 0 saturated heterocycles. The number of allylic oxidation sites excluding steroid dienone is 3. The van der Waals surface area contributed by atoms with Crippen molar-refractivity contribution < 1.29 is 0 Å².